The summed E-state index contributed by atoms with van der Waals surface area (Å²) in [7, 11) is 1.42. The fraction of sp³-hybridized carbons (Fsp3) is 0.333. The van der Waals surface area contributed by atoms with Gasteiger partial charge in [0.2, 0.25) is 0 Å². The molecule has 6 nitrogen and oxygen atoms in total. The summed E-state index contributed by atoms with van der Waals surface area (Å²) >= 11 is 5.59. The zero-order chi connectivity index (χ0) is 15.1. The molecule has 0 aliphatic carbocycles. The molecule has 110 valence electrons. The van der Waals surface area contributed by atoms with E-state index in [1.807, 2.05) is 0 Å². The fourth-order valence-corrected chi connectivity index (χ4v) is 1.59. The Bertz CT molecular complexity index is 498. The highest BCUT2D eigenvalue weighted by atomic mass is 35.5. The zero-order valence-corrected chi connectivity index (χ0v) is 11.5. The lowest BCUT2D eigenvalue weighted by molar-refractivity contribution is -0.137. The van der Waals surface area contributed by atoms with Crippen molar-refractivity contribution in [3.05, 3.63) is 29.0 Å². The van der Waals surface area contributed by atoms with E-state index in [0.717, 1.165) is 4.90 Å². The number of carboxylic acid groups (broad SMARTS) is 1. The number of nitrogens with one attached hydrogen (secondary N) is 1. The molecule has 0 saturated heterocycles. The van der Waals surface area contributed by atoms with Crippen LogP contribution in [0, 0.1) is 5.82 Å². The second-order valence-electron chi connectivity index (χ2n) is 3.84. The van der Waals surface area contributed by atoms with Crippen molar-refractivity contribution in [2.75, 3.05) is 32.1 Å². The third kappa shape index (κ3) is 4.67. The Balaban J connectivity index is 2.79. The van der Waals surface area contributed by atoms with Crippen molar-refractivity contribution in [3.8, 4) is 0 Å². The molecule has 0 fully saturated rings. The molecule has 0 saturated carbocycles. The molecule has 1 aromatic carbocycles. The molecular weight excluding hydrogens is 291 g/mol. The van der Waals surface area contributed by atoms with Crippen LogP contribution in [-0.2, 0) is 9.53 Å². The van der Waals surface area contributed by atoms with Gasteiger partial charge in [0, 0.05) is 13.7 Å². The van der Waals surface area contributed by atoms with Gasteiger partial charge in [0.1, 0.15) is 6.54 Å². The van der Waals surface area contributed by atoms with Crippen molar-refractivity contribution in [3.63, 3.8) is 0 Å². The third-order valence-corrected chi connectivity index (χ3v) is 2.66. The first kappa shape index (κ1) is 16.2. The minimum atomic E-state index is -1.18. The predicted molar refractivity (Wildman–Crippen MR) is 71.5 cm³/mol. The predicted octanol–water partition coefficient (Wildman–Crippen LogP) is 2.04. The first-order valence-corrected chi connectivity index (χ1v) is 6.04. The van der Waals surface area contributed by atoms with Gasteiger partial charge in [0.05, 0.1) is 17.3 Å². The molecule has 0 aliphatic heterocycles. The highest BCUT2D eigenvalue weighted by Gasteiger charge is 2.18. The summed E-state index contributed by atoms with van der Waals surface area (Å²) in [5, 5.41) is 10.9. The van der Waals surface area contributed by atoms with Crippen LogP contribution < -0.4 is 5.32 Å². The average molecular weight is 305 g/mol. The summed E-state index contributed by atoms with van der Waals surface area (Å²) in [6, 6.07) is 3.39. The Labute approximate surface area is 120 Å². The molecule has 0 atom stereocenters. The van der Waals surface area contributed by atoms with E-state index in [-0.39, 0.29) is 23.9 Å². The van der Waals surface area contributed by atoms with Crippen molar-refractivity contribution in [2.45, 2.75) is 0 Å². The second kappa shape index (κ2) is 7.66. The number of anilines is 1. The van der Waals surface area contributed by atoms with Crippen LogP contribution in [0.15, 0.2) is 18.2 Å². The highest BCUT2D eigenvalue weighted by Crippen LogP contribution is 2.22. The molecular formula is C12H14ClFN2O4. The van der Waals surface area contributed by atoms with Gasteiger partial charge in [-0.1, -0.05) is 17.7 Å². The van der Waals surface area contributed by atoms with Crippen LogP contribution in [0.4, 0.5) is 14.9 Å². The molecule has 1 rings (SSSR count). The largest absolute Gasteiger partial charge is 0.480 e. The minimum absolute atomic E-state index is 0.0663. The maximum Gasteiger partial charge on any atom is 0.323 e. The number of hydrogen-bond acceptors (Lipinski definition) is 3. The first-order valence-electron chi connectivity index (χ1n) is 5.66. The third-order valence-electron chi connectivity index (χ3n) is 2.37. The normalized spacial score (nSPS) is 10.2. The fourth-order valence-electron chi connectivity index (χ4n) is 1.41. The monoisotopic (exact) mass is 304 g/mol. The van der Waals surface area contributed by atoms with Gasteiger partial charge in [-0.3, -0.25) is 4.79 Å². The van der Waals surface area contributed by atoms with Crippen LogP contribution in [0.5, 0.6) is 0 Å². The molecule has 20 heavy (non-hydrogen) atoms. The van der Waals surface area contributed by atoms with Gasteiger partial charge in [-0.05, 0) is 12.1 Å². The number of amides is 2. The van der Waals surface area contributed by atoms with Gasteiger partial charge < -0.3 is 20.1 Å². The number of urea groups is 1. The van der Waals surface area contributed by atoms with Gasteiger partial charge in [-0.2, -0.15) is 0 Å². The van der Waals surface area contributed by atoms with Crippen LogP contribution in [0.2, 0.25) is 5.02 Å². The van der Waals surface area contributed by atoms with Gasteiger partial charge in [-0.25, -0.2) is 9.18 Å². The molecule has 2 N–H and O–H groups in total. The van der Waals surface area contributed by atoms with Crippen molar-refractivity contribution in [1.29, 1.82) is 0 Å². The summed E-state index contributed by atoms with van der Waals surface area (Å²) in [5.74, 6) is -1.95. The van der Waals surface area contributed by atoms with Crippen LogP contribution in [0.1, 0.15) is 0 Å². The Morgan fingerprint density at radius 1 is 1.50 bits per heavy atom. The molecule has 2 amide bonds. The van der Waals surface area contributed by atoms with Crippen molar-refractivity contribution in [1.82, 2.24) is 4.90 Å². The molecule has 0 aliphatic rings. The molecule has 0 heterocycles. The van der Waals surface area contributed by atoms with Gasteiger partial charge in [0.25, 0.3) is 0 Å². The Hall–Kier alpha value is -1.86. The van der Waals surface area contributed by atoms with Gasteiger partial charge >= 0.3 is 12.0 Å². The number of aliphatic carboxylic acids is 1. The minimum Gasteiger partial charge on any atom is -0.480 e. The highest BCUT2D eigenvalue weighted by molar-refractivity contribution is 6.31. The standard InChI is InChI=1S/C12H14ClFN2O4/c1-20-6-5-16(7-10(17)18)12(19)15-9-4-2-3-8(13)11(9)14/h2-4H,5-7H2,1H3,(H,15,19)(H,17,18). The van der Waals surface area contributed by atoms with E-state index in [1.54, 1.807) is 0 Å². The number of hydrogen-bond donors (Lipinski definition) is 2. The molecule has 0 unspecified atom stereocenters. The second-order valence-corrected chi connectivity index (χ2v) is 4.25. The average Bonchev–Trinajstić information content (AvgIpc) is 2.39. The maximum absolute atomic E-state index is 13.6. The van der Waals surface area contributed by atoms with E-state index in [4.69, 9.17) is 21.4 Å². The van der Waals surface area contributed by atoms with Crippen LogP contribution in [0.25, 0.3) is 0 Å². The van der Waals surface area contributed by atoms with Crippen LogP contribution in [0.3, 0.4) is 0 Å². The molecule has 0 bridgehead atoms. The van der Waals surface area contributed by atoms with E-state index in [0.29, 0.717) is 0 Å². The van der Waals surface area contributed by atoms with E-state index in [2.05, 4.69) is 5.32 Å². The summed E-state index contributed by atoms with van der Waals surface area (Å²) in [4.78, 5) is 23.6. The van der Waals surface area contributed by atoms with Crippen molar-refractivity contribution in [2.24, 2.45) is 0 Å². The Morgan fingerprint density at radius 2 is 2.20 bits per heavy atom. The van der Waals surface area contributed by atoms with Crippen LogP contribution >= 0.6 is 11.6 Å². The molecule has 8 heteroatoms. The van der Waals surface area contributed by atoms with Gasteiger partial charge in [-0.15, -0.1) is 0 Å². The molecule has 0 aromatic heterocycles. The maximum atomic E-state index is 13.6. The van der Waals surface area contributed by atoms with Gasteiger partial charge in [0.15, 0.2) is 5.82 Å². The quantitative estimate of drug-likeness (QED) is 0.843. The number of carbonyl (C=O) groups excluding carboxylic acids is 1. The summed E-state index contributed by atoms with van der Waals surface area (Å²) in [6.45, 7) is -0.285. The van der Waals surface area contributed by atoms with E-state index < -0.39 is 24.4 Å². The Kier molecular flexibility index (Phi) is 6.20. The smallest absolute Gasteiger partial charge is 0.323 e. The lowest BCUT2D eigenvalue weighted by Crippen LogP contribution is -2.40. The van der Waals surface area contributed by atoms with E-state index in [1.165, 1.54) is 25.3 Å². The molecule has 0 radical (unpaired) electrons. The SMILES string of the molecule is COCCN(CC(=O)O)C(=O)Nc1cccc(Cl)c1F. The number of carbonyl (C=O) groups is 2. The summed E-state index contributed by atoms with van der Waals surface area (Å²) in [6.07, 6.45) is 0. The topological polar surface area (TPSA) is 78.9 Å². The number of benzene rings is 1. The number of halogens is 2. The molecule has 1 aromatic rings. The van der Waals surface area contributed by atoms with Crippen molar-refractivity contribution >= 4 is 29.3 Å². The lowest BCUT2D eigenvalue weighted by Gasteiger charge is -2.21. The van der Waals surface area contributed by atoms with Crippen LogP contribution in [-0.4, -0.2) is 48.8 Å². The Morgan fingerprint density at radius 3 is 2.80 bits per heavy atom. The summed E-state index contributed by atoms with van der Waals surface area (Å²) < 4.78 is 18.4. The first-order chi connectivity index (χ1) is 9.45. The zero-order valence-electron chi connectivity index (χ0n) is 10.7. The lowest BCUT2D eigenvalue weighted by atomic mass is 10.3. The van der Waals surface area contributed by atoms with Crippen molar-refractivity contribution < 1.29 is 23.8 Å². The number of carboxylic acids is 1. The number of methoxy groups -OCH3 is 1. The van der Waals surface area contributed by atoms with E-state index >= 15 is 0 Å². The number of nitrogens with zero attached hydrogens (tertiary/aromatic N) is 1. The number of rotatable bonds is 6. The number of ether oxygens (including phenoxy) is 1. The molecule has 0 spiro atoms. The van der Waals surface area contributed by atoms with E-state index in [9.17, 15) is 14.0 Å². The summed E-state index contributed by atoms with van der Waals surface area (Å²) in [5.41, 5.74) is -0.115.